The fourth-order valence-electron chi connectivity index (χ4n) is 1.87. The van der Waals surface area contributed by atoms with Crippen LogP contribution in [0.15, 0.2) is 36.4 Å². The number of carbonyl (C=O) groups is 1. The topological polar surface area (TPSA) is 89.3 Å². The summed E-state index contributed by atoms with van der Waals surface area (Å²) >= 11 is 5.72. The summed E-state index contributed by atoms with van der Waals surface area (Å²) in [5.74, 6) is -3.53. The number of rotatable bonds is 4. The Balaban J connectivity index is 2.24. The molecule has 0 saturated carbocycles. The Morgan fingerprint density at radius 2 is 1.83 bits per heavy atom. The first-order valence-electron chi connectivity index (χ1n) is 6.21. The normalized spacial score (nSPS) is 11.3. The lowest BCUT2D eigenvalue weighted by atomic mass is 10.1. The smallest absolute Gasteiger partial charge is 0.257 e. The van der Waals surface area contributed by atoms with Crippen molar-refractivity contribution in [1.29, 1.82) is 0 Å². The molecular weight excluding hydrogens is 350 g/mol. The highest BCUT2D eigenvalue weighted by molar-refractivity contribution is 7.88. The summed E-state index contributed by atoms with van der Waals surface area (Å²) < 4.78 is 48.3. The molecule has 0 spiro atoms. The van der Waals surface area contributed by atoms with Crippen LogP contribution in [0.4, 0.5) is 14.5 Å². The number of anilines is 1. The van der Waals surface area contributed by atoms with Crippen molar-refractivity contribution in [2.45, 2.75) is 5.75 Å². The SMILES string of the molecule is NS(=O)(=O)Cc1cccc(NC(=O)c2cc(F)c(F)cc2Cl)c1. The first-order valence-corrected chi connectivity index (χ1v) is 8.30. The van der Waals surface area contributed by atoms with Crippen molar-refractivity contribution < 1.29 is 22.0 Å². The van der Waals surface area contributed by atoms with Crippen molar-refractivity contribution in [2.75, 3.05) is 5.32 Å². The van der Waals surface area contributed by atoms with Gasteiger partial charge in [0.25, 0.3) is 5.91 Å². The lowest BCUT2D eigenvalue weighted by Gasteiger charge is -2.09. The third-order valence-corrected chi connectivity index (χ3v) is 3.86. The first-order chi connectivity index (χ1) is 10.7. The summed E-state index contributed by atoms with van der Waals surface area (Å²) in [6, 6.07) is 7.31. The van der Waals surface area contributed by atoms with E-state index in [0.717, 1.165) is 0 Å². The molecule has 0 aromatic heterocycles. The molecule has 2 aromatic rings. The van der Waals surface area contributed by atoms with Gasteiger partial charge in [-0.2, -0.15) is 0 Å². The maximum atomic E-state index is 13.2. The molecule has 2 aromatic carbocycles. The number of amides is 1. The van der Waals surface area contributed by atoms with Crippen LogP contribution in [0.25, 0.3) is 0 Å². The van der Waals surface area contributed by atoms with E-state index in [4.69, 9.17) is 16.7 Å². The van der Waals surface area contributed by atoms with E-state index in [-0.39, 0.29) is 16.3 Å². The Hall–Kier alpha value is -2.03. The van der Waals surface area contributed by atoms with E-state index < -0.39 is 33.3 Å². The van der Waals surface area contributed by atoms with Gasteiger partial charge in [-0.25, -0.2) is 22.3 Å². The molecule has 0 unspecified atom stereocenters. The van der Waals surface area contributed by atoms with Gasteiger partial charge < -0.3 is 5.32 Å². The van der Waals surface area contributed by atoms with Gasteiger partial charge in [0.2, 0.25) is 10.0 Å². The zero-order valence-electron chi connectivity index (χ0n) is 11.5. The van der Waals surface area contributed by atoms with Crippen LogP contribution in [-0.4, -0.2) is 14.3 Å². The molecule has 0 aliphatic heterocycles. The summed E-state index contributed by atoms with van der Waals surface area (Å²) in [4.78, 5) is 12.1. The van der Waals surface area contributed by atoms with Crippen LogP contribution in [0.3, 0.4) is 0 Å². The Bertz CT molecular complexity index is 872. The number of nitrogens with one attached hydrogen (secondary N) is 1. The van der Waals surface area contributed by atoms with Gasteiger partial charge in [0.1, 0.15) is 0 Å². The predicted octanol–water partition coefficient (Wildman–Crippen LogP) is 2.66. The van der Waals surface area contributed by atoms with Crippen LogP contribution in [0.1, 0.15) is 15.9 Å². The number of primary sulfonamides is 1. The van der Waals surface area contributed by atoms with E-state index in [0.29, 0.717) is 17.7 Å². The van der Waals surface area contributed by atoms with Crippen molar-refractivity contribution in [2.24, 2.45) is 5.14 Å². The molecule has 2 rings (SSSR count). The molecule has 0 bridgehead atoms. The Morgan fingerprint density at radius 3 is 2.48 bits per heavy atom. The highest BCUT2D eigenvalue weighted by atomic mass is 35.5. The van der Waals surface area contributed by atoms with Crippen molar-refractivity contribution in [3.05, 3.63) is 64.2 Å². The van der Waals surface area contributed by atoms with Crippen molar-refractivity contribution in [3.8, 4) is 0 Å². The van der Waals surface area contributed by atoms with Crippen molar-refractivity contribution >= 4 is 33.2 Å². The third-order valence-electron chi connectivity index (χ3n) is 2.81. The Kier molecular flexibility index (Phi) is 4.98. The van der Waals surface area contributed by atoms with Gasteiger partial charge in [-0.1, -0.05) is 23.7 Å². The summed E-state index contributed by atoms with van der Waals surface area (Å²) in [5.41, 5.74) is 0.376. The lowest BCUT2D eigenvalue weighted by Crippen LogP contribution is -2.15. The van der Waals surface area contributed by atoms with Gasteiger partial charge in [-0.15, -0.1) is 0 Å². The van der Waals surface area contributed by atoms with Crippen LogP contribution in [0.5, 0.6) is 0 Å². The van der Waals surface area contributed by atoms with E-state index in [9.17, 15) is 22.0 Å². The number of sulfonamides is 1. The van der Waals surface area contributed by atoms with Crippen LogP contribution in [0, 0.1) is 11.6 Å². The summed E-state index contributed by atoms with van der Waals surface area (Å²) in [5, 5.41) is 7.13. The number of hydrogen-bond donors (Lipinski definition) is 2. The molecule has 0 radical (unpaired) electrons. The van der Waals surface area contributed by atoms with Gasteiger partial charge in [0, 0.05) is 5.69 Å². The minimum atomic E-state index is -3.72. The second-order valence-corrected chi connectivity index (χ2v) is 6.73. The minimum absolute atomic E-state index is 0.248. The van der Waals surface area contributed by atoms with Crippen molar-refractivity contribution in [3.63, 3.8) is 0 Å². The van der Waals surface area contributed by atoms with Crippen LogP contribution in [-0.2, 0) is 15.8 Å². The van der Waals surface area contributed by atoms with E-state index >= 15 is 0 Å². The first kappa shape index (κ1) is 17.3. The zero-order valence-corrected chi connectivity index (χ0v) is 13.1. The fourth-order valence-corrected chi connectivity index (χ4v) is 2.75. The molecule has 1 amide bonds. The number of hydrogen-bond acceptors (Lipinski definition) is 3. The highest BCUT2D eigenvalue weighted by Crippen LogP contribution is 2.22. The van der Waals surface area contributed by atoms with E-state index in [1.54, 1.807) is 0 Å². The molecule has 0 aliphatic carbocycles. The number of carbonyl (C=O) groups excluding carboxylic acids is 1. The second kappa shape index (κ2) is 6.61. The van der Waals surface area contributed by atoms with Gasteiger partial charge >= 0.3 is 0 Å². The molecule has 0 fully saturated rings. The quantitative estimate of drug-likeness (QED) is 0.821. The number of benzene rings is 2. The highest BCUT2D eigenvalue weighted by Gasteiger charge is 2.15. The lowest BCUT2D eigenvalue weighted by molar-refractivity contribution is 0.102. The number of nitrogens with two attached hydrogens (primary N) is 1. The molecule has 0 atom stereocenters. The van der Waals surface area contributed by atoms with Gasteiger partial charge in [-0.05, 0) is 29.8 Å². The van der Waals surface area contributed by atoms with Crippen LogP contribution in [0.2, 0.25) is 5.02 Å². The third kappa shape index (κ3) is 4.72. The summed E-state index contributed by atoms with van der Waals surface area (Å²) in [6.45, 7) is 0. The molecule has 0 saturated heterocycles. The molecule has 122 valence electrons. The number of halogens is 3. The predicted molar refractivity (Wildman–Crippen MR) is 82.6 cm³/mol. The minimum Gasteiger partial charge on any atom is -0.322 e. The van der Waals surface area contributed by atoms with E-state index in [1.807, 2.05) is 0 Å². The molecule has 5 nitrogen and oxygen atoms in total. The summed E-state index contributed by atoms with van der Waals surface area (Å²) in [6.07, 6.45) is 0. The molecule has 0 aliphatic rings. The molecule has 9 heteroatoms. The van der Waals surface area contributed by atoms with Gasteiger partial charge in [0.15, 0.2) is 11.6 Å². The summed E-state index contributed by atoms with van der Waals surface area (Å²) in [7, 11) is -3.72. The molecular formula is C14H11ClF2N2O3S. The largest absolute Gasteiger partial charge is 0.322 e. The van der Waals surface area contributed by atoms with Crippen LogP contribution < -0.4 is 10.5 Å². The zero-order chi connectivity index (χ0) is 17.2. The van der Waals surface area contributed by atoms with Crippen LogP contribution >= 0.6 is 11.6 Å². The average Bonchev–Trinajstić information content (AvgIpc) is 2.41. The molecule has 23 heavy (non-hydrogen) atoms. The average molecular weight is 361 g/mol. The van der Waals surface area contributed by atoms with E-state index in [1.165, 1.54) is 24.3 Å². The standard InChI is InChI=1S/C14H11ClF2N2O3S/c15-11-6-13(17)12(16)5-10(11)14(20)19-9-3-1-2-8(4-9)7-23(18,21)22/h1-6H,7H2,(H,19,20)(H2,18,21,22). The Morgan fingerprint density at radius 1 is 1.17 bits per heavy atom. The Labute approximate surface area is 136 Å². The van der Waals surface area contributed by atoms with E-state index in [2.05, 4.69) is 5.32 Å². The molecule has 3 N–H and O–H groups in total. The molecule has 0 heterocycles. The second-order valence-electron chi connectivity index (χ2n) is 4.71. The monoisotopic (exact) mass is 360 g/mol. The maximum Gasteiger partial charge on any atom is 0.257 e. The van der Waals surface area contributed by atoms with Gasteiger partial charge in [-0.3, -0.25) is 4.79 Å². The van der Waals surface area contributed by atoms with Gasteiger partial charge in [0.05, 0.1) is 16.3 Å². The fraction of sp³-hybridized carbons (Fsp3) is 0.0714. The maximum absolute atomic E-state index is 13.2. The van der Waals surface area contributed by atoms with Crippen molar-refractivity contribution in [1.82, 2.24) is 0 Å².